The van der Waals surface area contributed by atoms with Gasteiger partial charge in [0.25, 0.3) is 0 Å². The first-order valence-electron chi connectivity index (χ1n) is 5.72. The van der Waals surface area contributed by atoms with Crippen molar-refractivity contribution in [1.29, 1.82) is 0 Å². The van der Waals surface area contributed by atoms with E-state index >= 15 is 0 Å². The molecule has 0 atom stereocenters. The fraction of sp³-hybridized carbons (Fsp3) is 0.133. The summed E-state index contributed by atoms with van der Waals surface area (Å²) < 4.78 is 6.42. The molecule has 98 valence electrons. The summed E-state index contributed by atoms with van der Waals surface area (Å²) in [5.41, 5.74) is 2.25. The van der Waals surface area contributed by atoms with E-state index in [0.29, 0.717) is 16.3 Å². The largest absolute Gasteiger partial charge is 0.422 e. The second-order valence-corrected chi connectivity index (χ2v) is 5.62. The van der Waals surface area contributed by atoms with E-state index in [1.807, 2.05) is 26.0 Å². The van der Waals surface area contributed by atoms with Gasteiger partial charge < -0.3 is 4.74 Å². The first-order valence-corrected chi connectivity index (χ1v) is 6.89. The maximum atomic E-state index is 12.1. The maximum Gasteiger partial charge on any atom is 0.343 e. The molecule has 0 saturated carbocycles. The molecule has 0 saturated heterocycles. The third-order valence-corrected chi connectivity index (χ3v) is 3.37. The van der Waals surface area contributed by atoms with E-state index in [1.165, 1.54) is 0 Å². The summed E-state index contributed by atoms with van der Waals surface area (Å²) in [6, 6.07) is 10.5. The second kappa shape index (κ2) is 5.76. The van der Waals surface area contributed by atoms with Gasteiger partial charge in [-0.1, -0.05) is 33.6 Å². The van der Waals surface area contributed by atoms with Crippen molar-refractivity contribution >= 4 is 33.5 Å². The Bertz CT molecular complexity index is 615. The Kier molecular flexibility index (Phi) is 4.27. The quantitative estimate of drug-likeness (QED) is 0.572. The predicted octanol–water partition coefficient (Wildman–Crippen LogP) is 4.94. The minimum absolute atomic E-state index is 0.406. The number of carbonyl (C=O) groups is 1. The standard InChI is InChI=1S/C15H12BrClO2/c1-9-6-12(16)7-10(2)14(9)19-15(18)11-4-3-5-13(17)8-11/h3-8H,1-2H3. The van der Waals surface area contributed by atoms with Crippen LogP contribution in [0.3, 0.4) is 0 Å². The summed E-state index contributed by atoms with van der Waals surface area (Å²) >= 11 is 9.27. The Morgan fingerprint density at radius 3 is 2.37 bits per heavy atom. The van der Waals surface area contributed by atoms with Crippen molar-refractivity contribution in [3.63, 3.8) is 0 Å². The topological polar surface area (TPSA) is 26.3 Å². The monoisotopic (exact) mass is 338 g/mol. The fourth-order valence-electron chi connectivity index (χ4n) is 1.83. The first-order chi connectivity index (χ1) is 8.97. The maximum absolute atomic E-state index is 12.1. The third kappa shape index (κ3) is 3.37. The number of carbonyl (C=O) groups excluding carboxylic acids is 1. The van der Waals surface area contributed by atoms with Gasteiger partial charge in [0.15, 0.2) is 0 Å². The summed E-state index contributed by atoms with van der Waals surface area (Å²) in [4.78, 5) is 12.1. The Balaban J connectivity index is 2.29. The fourth-order valence-corrected chi connectivity index (χ4v) is 2.70. The highest BCUT2D eigenvalue weighted by Crippen LogP contribution is 2.28. The smallest absolute Gasteiger partial charge is 0.343 e. The van der Waals surface area contributed by atoms with Crippen molar-refractivity contribution in [2.45, 2.75) is 13.8 Å². The van der Waals surface area contributed by atoms with E-state index in [1.54, 1.807) is 24.3 Å². The van der Waals surface area contributed by atoms with Gasteiger partial charge in [0, 0.05) is 9.50 Å². The van der Waals surface area contributed by atoms with Gasteiger partial charge in [0.1, 0.15) is 5.75 Å². The number of rotatable bonds is 2. The molecule has 0 radical (unpaired) electrons. The van der Waals surface area contributed by atoms with E-state index < -0.39 is 5.97 Å². The van der Waals surface area contributed by atoms with Gasteiger partial charge >= 0.3 is 5.97 Å². The molecule has 0 aliphatic rings. The van der Waals surface area contributed by atoms with Gasteiger partial charge in [-0.2, -0.15) is 0 Å². The molecule has 2 aromatic carbocycles. The van der Waals surface area contributed by atoms with Crippen molar-refractivity contribution in [3.05, 3.63) is 62.6 Å². The number of hydrogen-bond donors (Lipinski definition) is 0. The summed E-state index contributed by atoms with van der Waals surface area (Å²) in [5, 5.41) is 0.513. The summed E-state index contributed by atoms with van der Waals surface area (Å²) in [6.45, 7) is 3.80. The zero-order valence-corrected chi connectivity index (χ0v) is 12.9. The average molecular weight is 340 g/mol. The molecule has 2 rings (SSSR count). The van der Waals surface area contributed by atoms with Crippen molar-refractivity contribution in [2.75, 3.05) is 0 Å². The van der Waals surface area contributed by atoms with Gasteiger partial charge in [-0.05, 0) is 55.3 Å². The molecule has 0 unspecified atom stereocenters. The van der Waals surface area contributed by atoms with Crippen LogP contribution in [0.15, 0.2) is 40.9 Å². The normalized spacial score (nSPS) is 10.3. The van der Waals surface area contributed by atoms with Crippen LogP contribution in [0.4, 0.5) is 0 Å². The molecular formula is C15H12BrClO2. The molecule has 0 amide bonds. The molecule has 0 spiro atoms. The second-order valence-electron chi connectivity index (χ2n) is 4.27. The molecular weight excluding hydrogens is 328 g/mol. The SMILES string of the molecule is Cc1cc(Br)cc(C)c1OC(=O)c1cccc(Cl)c1. The molecule has 0 fully saturated rings. The molecule has 19 heavy (non-hydrogen) atoms. The lowest BCUT2D eigenvalue weighted by Crippen LogP contribution is -2.10. The summed E-state index contributed by atoms with van der Waals surface area (Å²) in [5.74, 6) is 0.184. The lowest BCUT2D eigenvalue weighted by atomic mass is 10.1. The Labute approximate surface area is 125 Å². The Hall–Kier alpha value is -1.32. The van der Waals surface area contributed by atoms with Crippen molar-refractivity contribution in [3.8, 4) is 5.75 Å². The Morgan fingerprint density at radius 2 is 1.79 bits per heavy atom. The van der Waals surface area contributed by atoms with Crippen LogP contribution < -0.4 is 4.74 Å². The summed E-state index contributed by atoms with van der Waals surface area (Å²) in [7, 11) is 0. The van der Waals surface area contributed by atoms with E-state index in [4.69, 9.17) is 16.3 Å². The predicted molar refractivity (Wildman–Crippen MR) is 80.0 cm³/mol. The number of hydrogen-bond acceptors (Lipinski definition) is 2. The van der Waals surface area contributed by atoms with Crippen LogP contribution in [0.2, 0.25) is 5.02 Å². The van der Waals surface area contributed by atoms with E-state index in [2.05, 4.69) is 15.9 Å². The molecule has 0 aliphatic carbocycles. The van der Waals surface area contributed by atoms with E-state index in [0.717, 1.165) is 15.6 Å². The molecule has 2 aromatic rings. The highest BCUT2D eigenvalue weighted by molar-refractivity contribution is 9.10. The number of ether oxygens (including phenoxy) is 1. The molecule has 2 nitrogen and oxygen atoms in total. The average Bonchev–Trinajstić information content (AvgIpc) is 2.33. The van der Waals surface area contributed by atoms with Crippen LogP contribution in [0, 0.1) is 13.8 Å². The minimum Gasteiger partial charge on any atom is -0.422 e. The number of halogens is 2. The molecule has 4 heteroatoms. The van der Waals surface area contributed by atoms with Gasteiger partial charge in [0.2, 0.25) is 0 Å². The van der Waals surface area contributed by atoms with Crippen molar-refractivity contribution < 1.29 is 9.53 Å². The van der Waals surface area contributed by atoms with Gasteiger partial charge in [-0.3, -0.25) is 0 Å². The van der Waals surface area contributed by atoms with Crippen LogP contribution >= 0.6 is 27.5 Å². The number of aryl methyl sites for hydroxylation is 2. The highest BCUT2D eigenvalue weighted by atomic mass is 79.9. The molecule has 0 heterocycles. The minimum atomic E-state index is -0.406. The van der Waals surface area contributed by atoms with Crippen molar-refractivity contribution in [2.24, 2.45) is 0 Å². The van der Waals surface area contributed by atoms with Gasteiger partial charge in [-0.25, -0.2) is 4.79 Å². The highest BCUT2D eigenvalue weighted by Gasteiger charge is 2.13. The van der Waals surface area contributed by atoms with Gasteiger partial charge in [0.05, 0.1) is 5.56 Å². The van der Waals surface area contributed by atoms with Crippen LogP contribution in [-0.4, -0.2) is 5.97 Å². The van der Waals surface area contributed by atoms with Crippen LogP contribution in [0.1, 0.15) is 21.5 Å². The van der Waals surface area contributed by atoms with E-state index in [9.17, 15) is 4.79 Å². The number of esters is 1. The number of benzene rings is 2. The van der Waals surface area contributed by atoms with Crippen LogP contribution in [0.25, 0.3) is 0 Å². The van der Waals surface area contributed by atoms with E-state index in [-0.39, 0.29) is 0 Å². The lowest BCUT2D eigenvalue weighted by molar-refractivity contribution is 0.0732. The molecule has 0 bridgehead atoms. The lowest BCUT2D eigenvalue weighted by Gasteiger charge is -2.11. The van der Waals surface area contributed by atoms with Crippen LogP contribution in [0.5, 0.6) is 5.75 Å². The van der Waals surface area contributed by atoms with Crippen molar-refractivity contribution in [1.82, 2.24) is 0 Å². The zero-order chi connectivity index (χ0) is 14.0. The van der Waals surface area contributed by atoms with Gasteiger partial charge in [-0.15, -0.1) is 0 Å². The first kappa shape index (κ1) is 14.1. The third-order valence-electron chi connectivity index (χ3n) is 2.68. The molecule has 0 N–H and O–H groups in total. The Morgan fingerprint density at radius 1 is 1.16 bits per heavy atom. The zero-order valence-electron chi connectivity index (χ0n) is 10.5. The molecule has 0 aromatic heterocycles. The van der Waals surface area contributed by atoms with Crippen LogP contribution in [-0.2, 0) is 0 Å². The molecule has 0 aliphatic heterocycles. The summed E-state index contributed by atoms with van der Waals surface area (Å²) in [6.07, 6.45) is 0.